The molecule has 1 aromatic carbocycles. The third kappa shape index (κ3) is 6.41. The smallest absolute Gasteiger partial charge is 0.407 e. The van der Waals surface area contributed by atoms with Crippen molar-refractivity contribution in [3.63, 3.8) is 0 Å². The molecule has 1 N–H and O–H groups in total. The number of hydrogen-bond acceptors (Lipinski definition) is 7. The van der Waals surface area contributed by atoms with E-state index in [-0.39, 0.29) is 24.8 Å². The van der Waals surface area contributed by atoms with E-state index in [4.69, 9.17) is 14.2 Å². The number of alkyl carbamates (subject to hydrolysis) is 1. The van der Waals surface area contributed by atoms with Crippen molar-refractivity contribution in [3.05, 3.63) is 53.6 Å². The molecule has 0 spiro atoms. The average molecular weight is 458 g/mol. The van der Waals surface area contributed by atoms with Crippen LogP contribution in [0.1, 0.15) is 56.8 Å². The average Bonchev–Trinajstić information content (AvgIpc) is 3.14. The van der Waals surface area contributed by atoms with Gasteiger partial charge in [0.15, 0.2) is 11.4 Å². The van der Waals surface area contributed by atoms with Crippen LogP contribution in [0.5, 0.6) is 11.6 Å². The van der Waals surface area contributed by atoms with Crippen LogP contribution in [-0.4, -0.2) is 45.2 Å². The SMILES string of the molecule is CC(=O)c1cnc2ccc(OC(C)c3cc(F)ccc3OCCNC(=O)OC(C)(C)C)nn12. The van der Waals surface area contributed by atoms with Gasteiger partial charge in [-0.3, -0.25) is 4.79 Å². The number of nitrogens with one attached hydrogen (secondary N) is 1. The molecule has 33 heavy (non-hydrogen) atoms. The van der Waals surface area contributed by atoms with Gasteiger partial charge in [0.2, 0.25) is 5.88 Å². The molecule has 2 heterocycles. The van der Waals surface area contributed by atoms with E-state index in [9.17, 15) is 14.0 Å². The summed E-state index contributed by atoms with van der Waals surface area (Å²) in [6.07, 6.45) is 0.277. The minimum Gasteiger partial charge on any atom is -0.491 e. The summed E-state index contributed by atoms with van der Waals surface area (Å²) in [4.78, 5) is 27.6. The summed E-state index contributed by atoms with van der Waals surface area (Å²) < 4.78 is 32.2. The van der Waals surface area contributed by atoms with Gasteiger partial charge in [0.05, 0.1) is 12.7 Å². The molecule has 1 atom stereocenters. The molecule has 3 rings (SSSR count). The molecular weight excluding hydrogens is 431 g/mol. The van der Waals surface area contributed by atoms with E-state index in [2.05, 4.69) is 15.4 Å². The number of carbonyl (C=O) groups is 2. The topological polar surface area (TPSA) is 104 Å². The standard InChI is InChI=1S/C23H27FN4O5/c1-14(29)18-13-26-20-8-9-21(27-28(18)20)32-15(2)17-12-16(24)6-7-19(17)31-11-10-25-22(30)33-23(3,4)5/h6-9,12-13,15H,10-11H2,1-5H3,(H,25,30). The third-order valence-electron chi connectivity index (χ3n) is 4.43. The molecule has 10 heteroatoms. The fraction of sp³-hybridized carbons (Fsp3) is 0.391. The van der Waals surface area contributed by atoms with Gasteiger partial charge in [-0.2, -0.15) is 0 Å². The molecule has 9 nitrogen and oxygen atoms in total. The van der Waals surface area contributed by atoms with Crippen molar-refractivity contribution < 1.29 is 28.2 Å². The molecule has 0 fully saturated rings. The molecule has 1 unspecified atom stereocenters. The van der Waals surface area contributed by atoms with Gasteiger partial charge in [-0.1, -0.05) is 0 Å². The number of ketones is 1. The number of carbonyl (C=O) groups excluding carboxylic acids is 2. The van der Waals surface area contributed by atoms with Gasteiger partial charge >= 0.3 is 6.09 Å². The third-order valence-corrected chi connectivity index (χ3v) is 4.43. The minimum atomic E-state index is -0.622. The number of halogens is 1. The number of Topliss-reactive ketones (excluding diaryl/α,β-unsaturated/α-hetero) is 1. The first-order chi connectivity index (χ1) is 15.5. The van der Waals surface area contributed by atoms with E-state index >= 15 is 0 Å². The quantitative estimate of drug-likeness (QED) is 0.400. The first kappa shape index (κ1) is 24.0. The number of hydrogen-bond donors (Lipinski definition) is 1. The second-order valence-corrected chi connectivity index (χ2v) is 8.36. The monoisotopic (exact) mass is 458 g/mol. The summed E-state index contributed by atoms with van der Waals surface area (Å²) in [5.41, 5.74) is 0.704. The highest BCUT2D eigenvalue weighted by Gasteiger charge is 2.18. The number of benzene rings is 1. The molecule has 176 valence electrons. The van der Waals surface area contributed by atoms with Crippen molar-refractivity contribution in [2.45, 2.75) is 46.3 Å². The Labute approximate surface area is 190 Å². The Bertz CT molecular complexity index is 1160. The van der Waals surface area contributed by atoms with Crippen LogP contribution in [-0.2, 0) is 4.74 Å². The largest absolute Gasteiger partial charge is 0.491 e. The van der Waals surface area contributed by atoms with Crippen molar-refractivity contribution in [1.82, 2.24) is 19.9 Å². The summed E-state index contributed by atoms with van der Waals surface area (Å²) in [7, 11) is 0. The highest BCUT2D eigenvalue weighted by molar-refractivity contribution is 5.92. The van der Waals surface area contributed by atoms with E-state index in [0.29, 0.717) is 22.7 Å². The molecular formula is C23H27FN4O5. The Morgan fingerprint density at radius 2 is 1.97 bits per heavy atom. The Morgan fingerprint density at radius 1 is 1.21 bits per heavy atom. The van der Waals surface area contributed by atoms with Gasteiger partial charge in [0.1, 0.15) is 35.6 Å². The van der Waals surface area contributed by atoms with Crippen LogP contribution < -0.4 is 14.8 Å². The number of rotatable bonds is 8. The number of imidazole rings is 1. The van der Waals surface area contributed by atoms with E-state index in [1.165, 1.54) is 35.8 Å². The maximum Gasteiger partial charge on any atom is 0.407 e. The fourth-order valence-electron chi connectivity index (χ4n) is 3.00. The number of amides is 1. The lowest BCUT2D eigenvalue weighted by molar-refractivity contribution is 0.0519. The van der Waals surface area contributed by atoms with Gasteiger partial charge in [-0.05, 0) is 52.0 Å². The Kier molecular flexibility index (Phi) is 7.15. The van der Waals surface area contributed by atoms with Crippen LogP contribution in [0.2, 0.25) is 0 Å². The van der Waals surface area contributed by atoms with E-state index in [1.54, 1.807) is 39.8 Å². The van der Waals surface area contributed by atoms with Crippen LogP contribution in [0.25, 0.3) is 5.65 Å². The second kappa shape index (κ2) is 9.85. The lowest BCUT2D eigenvalue weighted by Crippen LogP contribution is -2.34. The predicted octanol–water partition coefficient (Wildman–Crippen LogP) is 4.11. The van der Waals surface area contributed by atoms with Crippen LogP contribution in [0.3, 0.4) is 0 Å². The van der Waals surface area contributed by atoms with Gasteiger partial charge in [0, 0.05) is 18.6 Å². The Balaban J connectivity index is 1.68. The second-order valence-electron chi connectivity index (χ2n) is 8.36. The van der Waals surface area contributed by atoms with Crippen molar-refractivity contribution in [3.8, 4) is 11.6 Å². The lowest BCUT2D eigenvalue weighted by Gasteiger charge is -2.20. The van der Waals surface area contributed by atoms with Crippen molar-refractivity contribution in [2.75, 3.05) is 13.2 Å². The highest BCUT2D eigenvalue weighted by Crippen LogP contribution is 2.29. The van der Waals surface area contributed by atoms with Crippen LogP contribution in [0, 0.1) is 5.82 Å². The first-order valence-electron chi connectivity index (χ1n) is 10.4. The van der Waals surface area contributed by atoms with Crippen molar-refractivity contribution >= 4 is 17.5 Å². The number of fused-ring (bicyclic) bond motifs is 1. The molecule has 0 aliphatic rings. The first-order valence-corrected chi connectivity index (χ1v) is 10.4. The van der Waals surface area contributed by atoms with E-state index in [0.717, 1.165) is 0 Å². The zero-order valence-electron chi connectivity index (χ0n) is 19.2. The molecule has 3 aromatic rings. The number of ether oxygens (including phenoxy) is 3. The zero-order chi connectivity index (χ0) is 24.2. The van der Waals surface area contributed by atoms with E-state index in [1.807, 2.05) is 0 Å². The Hall–Kier alpha value is -3.69. The highest BCUT2D eigenvalue weighted by atomic mass is 19.1. The molecule has 1 amide bonds. The van der Waals surface area contributed by atoms with Gasteiger partial charge in [0.25, 0.3) is 0 Å². The molecule has 2 aromatic heterocycles. The fourth-order valence-corrected chi connectivity index (χ4v) is 3.00. The van der Waals surface area contributed by atoms with E-state index < -0.39 is 23.6 Å². The minimum absolute atomic E-state index is 0.145. The zero-order valence-corrected chi connectivity index (χ0v) is 19.2. The summed E-state index contributed by atoms with van der Waals surface area (Å²) in [6, 6.07) is 7.39. The normalized spacial score (nSPS) is 12.3. The molecule has 0 aliphatic carbocycles. The predicted molar refractivity (Wildman–Crippen MR) is 118 cm³/mol. The van der Waals surface area contributed by atoms with Crippen LogP contribution in [0.4, 0.5) is 9.18 Å². The molecule has 0 aliphatic heterocycles. The molecule has 0 saturated heterocycles. The van der Waals surface area contributed by atoms with Gasteiger partial charge in [-0.15, -0.1) is 5.10 Å². The van der Waals surface area contributed by atoms with Crippen LogP contribution >= 0.6 is 0 Å². The van der Waals surface area contributed by atoms with Gasteiger partial charge < -0.3 is 19.5 Å². The maximum absolute atomic E-state index is 14.0. The Morgan fingerprint density at radius 3 is 2.67 bits per heavy atom. The summed E-state index contributed by atoms with van der Waals surface area (Å²) in [5.74, 6) is 0.0119. The van der Waals surface area contributed by atoms with Crippen LogP contribution in [0.15, 0.2) is 36.5 Å². The number of aromatic nitrogens is 3. The number of nitrogens with zero attached hydrogens (tertiary/aromatic N) is 3. The maximum atomic E-state index is 14.0. The summed E-state index contributed by atoms with van der Waals surface area (Å²) in [6.45, 7) is 8.82. The molecule has 0 saturated carbocycles. The lowest BCUT2D eigenvalue weighted by atomic mass is 10.1. The van der Waals surface area contributed by atoms with Gasteiger partial charge in [-0.25, -0.2) is 18.7 Å². The summed E-state index contributed by atoms with van der Waals surface area (Å²) >= 11 is 0. The van der Waals surface area contributed by atoms with Crippen molar-refractivity contribution in [1.29, 1.82) is 0 Å². The van der Waals surface area contributed by atoms with Crippen molar-refractivity contribution in [2.24, 2.45) is 0 Å². The summed E-state index contributed by atoms with van der Waals surface area (Å²) in [5, 5.41) is 6.91. The molecule has 0 bridgehead atoms. The molecule has 0 radical (unpaired) electrons.